The van der Waals surface area contributed by atoms with Crippen molar-refractivity contribution in [1.82, 2.24) is 0 Å². The molecule has 0 bridgehead atoms. The van der Waals surface area contributed by atoms with Crippen molar-refractivity contribution in [3.63, 3.8) is 0 Å². The quantitative estimate of drug-likeness (QED) is 0.696. The first-order chi connectivity index (χ1) is 6.79. The smallest absolute Gasteiger partial charge is 0.198 e. The van der Waals surface area contributed by atoms with Crippen LogP contribution in [0.2, 0.25) is 0 Å². The third-order valence-electron chi connectivity index (χ3n) is 2.18. The molecule has 0 aliphatic heterocycles. The van der Waals surface area contributed by atoms with Crippen molar-refractivity contribution in [2.24, 2.45) is 0 Å². The Morgan fingerprint density at radius 3 is 2.43 bits per heavy atom. The molecule has 0 spiro atoms. The lowest BCUT2D eigenvalue weighted by atomic mass is 10.1. The monoisotopic (exact) mass is 212 g/mol. The molecule has 1 rings (SSSR count). The lowest BCUT2D eigenvalue weighted by Crippen LogP contribution is -1.93. The zero-order valence-corrected chi connectivity index (χ0v) is 9.69. The molecular formula is C11H17O2P. The molecule has 78 valence electrons. The summed E-state index contributed by atoms with van der Waals surface area (Å²) in [6, 6.07) is 9.93. The molecule has 3 heteroatoms. The van der Waals surface area contributed by atoms with Gasteiger partial charge in [-0.25, -0.2) is 0 Å². The number of rotatable bonds is 5. The normalized spacial score (nSPS) is 15.0. The molecule has 0 aliphatic rings. The third-order valence-corrected chi connectivity index (χ3v) is 4.07. The number of hydrogen-bond acceptors (Lipinski definition) is 2. The maximum Gasteiger partial charge on any atom is 0.198 e. The summed E-state index contributed by atoms with van der Waals surface area (Å²) >= 11 is 0. The standard InChI is InChI=1S/C11H17O2P/c1-3-11(14(12)13-4-2)10-8-6-5-7-9-10/h5-9,11,14H,3-4H2,1-2H3. The predicted octanol–water partition coefficient (Wildman–Crippen LogP) is 3.65. The minimum atomic E-state index is -1.93. The van der Waals surface area contributed by atoms with E-state index in [1.807, 2.05) is 44.2 Å². The minimum Gasteiger partial charge on any atom is -0.330 e. The van der Waals surface area contributed by atoms with Crippen LogP contribution in [0.5, 0.6) is 0 Å². The van der Waals surface area contributed by atoms with Gasteiger partial charge in [0.25, 0.3) is 0 Å². The van der Waals surface area contributed by atoms with E-state index >= 15 is 0 Å². The molecule has 0 fully saturated rings. The second-order valence-corrected chi connectivity index (χ2v) is 4.75. The van der Waals surface area contributed by atoms with Crippen molar-refractivity contribution in [2.75, 3.05) is 6.61 Å². The first-order valence-corrected chi connectivity index (χ1v) is 6.40. The molecule has 0 aliphatic carbocycles. The fourth-order valence-electron chi connectivity index (χ4n) is 1.47. The van der Waals surface area contributed by atoms with E-state index in [9.17, 15) is 4.57 Å². The minimum absolute atomic E-state index is 0.0705. The highest BCUT2D eigenvalue weighted by Crippen LogP contribution is 2.43. The van der Waals surface area contributed by atoms with Crippen LogP contribution in [0.4, 0.5) is 0 Å². The van der Waals surface area contributed by atoms with E-state index in [1.54, 1.807) is 0 Å². The molecule has 2 nitrogen and oxygen atoms in total. The maximum absolute atomic E-state index is 11.7. The summed E-state index contributed by atoms with van der Waals surface area (Å²) in [5.74, 6) is 0. The molecule has 0 heterocycles. The van der Waals surface area contributed by atoms with E-state index in [2.05, 4.69) is 0 Å². The van der Waals surface area contributed by atoms with Gasteiger partial charge in [0.1, 0.15) is 0 Å². The molecule has 0 N–H and O–H groups in total. The second-order valence-electron chi connectivity index (χ2n) is 3.12. The van der Waals surface area contributed by atoms with Gasteiger partial charge in [-0.05, 0) is 18.9 Å². The predicted molar refractivity (Wildman–Crippen MR) is 60.1 cm³/mol. The fraction of sp³-hybridized carbons (Fsp3) is 0.455. The summed E-state index contributed by atoms with van der Waals surface area (Å²) < 4.78 is 16.9. The van der Waals surface area contributed by atoms with Crippen LogP contribution in [0, 0.1) is 0 Å². The molecule has 0 radical (unpaired) electrons. The number of hydrogen-bond donors (Lipinski definition) is 0. The Kier molecular flexibility index (Phi) is 4.92. The van der Waals surface area contributed by atoms with Gasteiger partial charge in [-0.3, -0.25) is 4.57 Å². The second kappa shape index (κ2) is 6.00. The Hall–Kier alpha value is -0.590. The van der Waals surface area contributed by atoms with Gasteiger partial charge in [0.05, 0.1) is 12.3 Å². The van der Waals surface area contributed by atoms with Crippen molar-refractivity contribution >= 4 is 8.03 Å². The van der Waals surface area contributed by atoms with Crippen molar-refractivity contribution in [1.29, 1.82) is 0 Å². The molecule has 1 aromatic carbocycles. The van der Waals surface area contributed by atoms with Gasteiger partial charge in [0, 0.05) is 0 Å². The summed E-state index contributed by atoms with van der Waals surface area (Å²) in [7, 11) is -1.93. The molecule has 1 aromatic rings. The maximum atomic E-state index is 11.7. The Labute approximate surface area is 86.2 Å². The van der Waals surface area contributed by atoms with Gasteiger partial charge in [-0.15, -0.1) is 0 Å². The van der Waals surface area contributed by atoms with Crippen molar-refractivity contribution in [2.45, 2.75) is 25.9 Å². The Balaban J connectivity index is 2.77. The van der Waals surface area contributed by atoms with Crippen LogP contribution in [0.3, 0.4) is 0 Å². The summed E-state index contributed by atoms with van der Waals surface area (Å²) in [5, 5.41) is 0. The van der Waals surface area contributed by atoms with Gasteiger partial charge in [-0.1, -0.05) is 37.3 Å². The van der Waals surface area contributed by atoms with E-state index in [0.29, 0.717) is 6.61 Å². The Morgan fingerprint density at radius 2 is 1.93 bits per heavy atom. The van der Waals surface area contributed by atoms with Crippen LogP contribution < -0.4 is 0 Å². The van der Waals surface area contributed by atoms with Crippen LogP contribution >= 0.6 is 8.03 Å². The SMILES string of the molecule is CCO[PH](=O)C(CC)c1ccccc1. The first kappa shape index (κ1) is 11.5. The van der Waals surface area contributed by atoms with E-state index in [4.69, 9.17) is 4.52 Å². The lowest BCUT2D eigenvalue weighted by molar-refractivity contribution is 0.343. The molecule has 0 saturated carbocycles. The van der Waals surface area contributed by atoms with Gasteiger partial charge in [0.2, 0.25) is 0 Å². The fourth-order valence-corrected chi connectivity index (χ4v) is 2.75. The van der Waals surface area contributed by atoms with E-state index in [-0.39, 0.29) is 5.66 Å². The van der Waals surface area contributed by atoms with Crippen molar-refractivity contribution in [3.05, 3.63) is 35.9 Å². The zero-order chi connectivity index (χ0) is 10.4. The Morgan fingerprint density at radius 1 is 1.29 bits per heavy atom. The summed E-state index contributed by atoms with van der Waals surface area (Å²) in [6.07, 6.45) is 0.863. The van der Waals surface area contributed by atoms with Gasteiger partial charge in [0.15, 0.2) is 8.03 Å². The lowest BCUT2D eigenvalue weighted by Gasteiger charge is -2.14. The summed E-state index contributed by atoms with van der Waals surface area (Å²) in [6.45, 7) is 4.45. The molecule has 0 aromatic heterocycles. The average Bonchev–Trinajstić information content (AvgIpc) is 2.21. The van der Waals surface area contributed by atoms with Crippen LogP contribution in [0.15, 0.2) is 30.3 Å². The molecule has 14 heavy (non-hydrogen) atoms. The van der Waals surface area contributed by atoms with Crippen LogP contribution in [-0.2, 0) is 9.09 Å². The van der Waals surface area contributed by atoms with Gasteiger partial charge in [-0.2, -0.15) is 0 Å². The van der Waals surface area contributed by atoms with E-state index in [0.717, 1.165) is 12.0 Å². The Bertz CT molecular complexity index is 285. The molecule has 0 amide bonds. The van der Waals surface area contributed by atoms with E-state index < -0.39 is 8.03 Å². The highest BCUT2D eigenvalue weighted by Gasteiger charge is 2.16. The topological polar surface area (TPSA) is 26.3 Å². The highest BCUT2D eigenvalue weighted by molar-refractivity contribution is 7.39. The van der Waals surface area contributed by atoms with Gasteiger partial charge < -0.3 is 4.52 Å². The molecule has 0 saturated heterocycles. The van der Waals surface area contributed by atoms with Crippen LogP contribution in [0.25, 0.3) is 0 Å². The summed E-state index contributed by atoms with van der Waals surface area (Å²) in [4.78, 5) is 0. The molecule has 2 atom stereocenters. The van der Waals surface area contributed by atoms with Crippen molar-refractivity contribution in [3.8, 4) is 0 Å². The van der Waals surface area contributed by atoms with Gasteiger partial charge >= 0.3 is 0 Å². The summed E-state index contributed by atoms with van der Waals surface area (Å²) in [5.41, 5.74) is 1.19. The first-order valence-electron chi connectivity index (χ1n) is 5.01. The third kappa shape index (κ3) is 2.97. The average molecular weight is 212 g/mol. The number of benzene rings is 1. The molecule has 2 unspecified atom stereocenters. The largest absolute Gasteiger partial charge is 0.330 e. The van der Waals surface area contributed by atoms with Crippen LogP contribution in [-0.4, -0.2) is 6.61 Å². The zero-order valence-electron chi connectivity index (χ0n) is 8.69. The molecular weight excluding hydrogens is 195 g/mol. The van der Waals surface area contributed by atoms with Crippen molar-refractivity contribution < 1.29 is 9.09 Å². The van der Waals surface area contributed by atoms with Crippen LogP contribution in [0.1, 0.15) is 31.5 Å². The highest BCUT2D eigenvalue weighted by atomic mass is 31.1. The van der Waals surface area contributed by atoms with E-state index in [1.165, 1.54) is 0 Å².